The van der Waals surface area contributed by atoms with Gasteiger partial charge in [0.15, 0.2) is 5.88 Å². The smallest absolute Gasteiger partial charge is 0.182 e. The molecule has 0 aliphatic carbocycles. The largest absolute Gasteiger partial charge is 0.352 e. The van der Waals surface area contributed by atoms with Crippen LogP contribution >= 0.6 is 33.4 Å². The van der Waals surface area contributed by atoms with Gasteiger partial charge in [-0.15, -0.1) is 11.3 Å². The van der Waals surface area contributed by atoms with Crippen LogP contribution in [0.1, 0.15) is 67.4 Å². The minimum absolute atomic E-state index is 0.114. The lowest BCUT2D eigenvalue weighted by Crippen LogP contribution is -2.43. The number of nitrogens with one attached hydrogen (secondary N) is 1. The van der Waals surface area contributed by atoms with Crippen molar-refractivity contribution in [3.05, 3.63) is 85.8 Å². The normalized spacial score (nSPS) is 20.1. The number of anilines is 2. The van der Waals surface area contributed by atoms with E-state index in [1.165, 1.54) is 120 Å². The van der Waals surface area contributed by atoms with E-state index in [2.05, 4.69) is 96.5 Å². The third kappa shape index (κ3) is 8.24. The molecule has 4 saturated heterocycles. The van der Waals surface area contributed by atoms with Crippen LogP contribution in [0.3, 0.4) is 0 Å². The molecule has 3 aromatic heterocycles. The van der Waals surface area contributed by atoms with Crippen molar-refractivity contribution in [3.63, 3.8) is 0 Å². The number of fused-ring (bicyclic) bond motifs is 1. The van der Waals surface area contributed by atoms with E-state index in [4.69, 9.17) is 16.6 Å². The van der Waals surface area contributed by atoms with Crippen LogP contribution in [0.5, 0.6) is 0 Å². The number of piperidine rings is 2. The third-order valence-corrected chi connectivity index (χ3v) is 15.6. The van der Waals surface area contributed by atoms with E-state index in [0.717, 1.165) is 63.5 Å². The molecule has 9 rings (SSSR count). The van der Waals surface area contributed by atoms with Crippen LogP contribution in [-0.4, -0.2) is 89.0 Å². The van der Waals surface area contributed by atoms with E-state index in [-0.39, 0.29) is 10.5 Å². The lowest BCUT2D eigenvalue weighted by Gasteiger charge is -2.36. The summed E-state index contributed by atoms with van der Waals surface area (Å²) >= 11 is 8.90. The molecule has 0 spiro atoms. The topological polar surface area (TPSA) is 61.7 Å². The SMILES string of the molecule is Cc1cc(-c2csc(CN3CCC(N4CCCC4)CC3)c2)cc(Cl)c1Nc1c(C#N)cnc2cc(-c3cc[s+](CN4CCC(N5CCCC5)CC4)c3)ccc12. The number of hydrogen-bond acceptors (Lipinski definition) is 8. The number of benzene rings is 2. The van der Waals surface area contributed by atoms with Crippen LogP contribution in [0.25, 0.3) is 33.2 Å². The number of nitrogens with zero attached hydrogens (tertiary/aromatic N) is 6. The Balaban J connectivity index is 0.866. The Labute approximate surface area is 338 Å². The van der Waals surface area contributed by atoms with Gasteiger partial charge in [0.25, 0.3) is 0 Å². The van der Waals surface area contributed by atoms with Gasteiger partial charge < -0.3 is 15.1 Å². The summed E-state index contributed by atoms with van der Waals surface area (Å²) in [7, 11) is 0.114. The molecule has 7 heterocycles. The predicted octanol–water partition coefficient (Wildman–Crippen LogP) is 10.5. The summed E-state index contributed by atoms with van der Waals surface area (Å²) in [5.41, 5.74) is 8.72. The first-order valence-electron chi connectivity index (χ1n) is 20.5. The Morgan fingerprint density at radius 1 is 0.800 bits per heavy atom. The predicted molar refractivity (Wildman–Crippen MR) is 232 cm³/mol. The van der Waals surface area contributed by atoms with Gasteiger partial charge >= 0.3 is 0 Å². The van der Waals surface area contributed by atoms with E-state index in [1.54, 1.807) is 6.20 Å². The van der Waals surface area contributed by atoms with Gasteiger partial charge in [0.05, 0.1) is 27.5 Å². The van der Waals surface area contributed by atoms with Crippen LogP contribution in [0.4, 0.5) is 11.4 Å². The Kier molecular flexibility index (Phi) is 11.3. The third-order valence-electron chi connectivity index (χ3n) is 12.7. The number of thiophene rings is 2. The second kappa shape index (κ2) is 16.6. The Morgan fingerprint density at radius 3 is 2.16 bits per heavy atom. The fraction of sp³-hybridized carbons (Fsp3) is 0.467. The van der Waals surface area contributed by atoms with Crippen molar-refractivity contribution in [2.24, 2.45) is 0 Å². The second-order valence-electron chi connectivity index (χ2n) is 16.3. The summed E-state index contributed by atoms with van der Waals surface area (Å²) in [5, 5.41) is 22.4. The Bertz CT molecular complexity index is 2140. The number of halogens is 1. The minimum Gasteiger partial charge on any atom is -0.352 e. The Hall–Kier alpha value is -3.33. The van der Waals surface area contributed by atoms with Gasteiger partial charge in [-0.1, -0.05) is 23.7 Å². The molecule has 4 aliphatic heterocycles. The van der Waals surface area contributed by atoms with E-state index >= 15 is 0 Å². The van der Waals surface area contributed by atoms with Crippen LogP contribution < -0.4 is 5.32 Å². The molecule has 1 atom stereocenters. The standard InChI is InChI=1S/C45H53ClN7S2/c1-32-22-35(36-23-40(54-29-36)28-50-17-8-38(9-18-50)52-13-2-3-14-52)24-42(46)44(32)49-45-37(26-47)27-48-43-25-33(6-7-41(43)45)34-12-21-55(30-34)31-51-19-10-39(11-20-51)53-15-4-5-16-53/h6-7,12,21-25,27,29-30,38-39H,2-5,8-11,13-20,28,31H2,1H3,(H,48,49)/q+1. The van der Waals surface area contributed by atoms with Gasteiger partial charge in [-0.3, -0.25) is 14.8 Å². The molecule has 4 aliphatic rings. The zero-order chi connectivity index (χ0) is 37.3. The summed E-state index contributed by atoms with van der Waals surface area (Å²) in [6.07, 6.45) is 12.4. The molecule has 4 fully saturated rings. The maximum Gasteiger partial charge on any atom is 0.182 e. The average Bonchev–Trinajstić information content (AvgIpc) is 4.06. The molecule has 286 valence electrons. The molecule has 2 aromatic carbocycles. The molecule has 1 unspecified atom stereocenters. The number of rotatable bonds is 10. The number of likely N-dealkylation sites (tertiary alicyclic amines) is 4. The first-order chi connectivity index (χ1) is 27.0. The van der Waals surface area contributed by atoms with Gasteiger partial charge in [-0.2, -0.15) is 5.26 Å². The molecule has 55 heavy (non-hydrogen) atoms. The van der Waals surface area contributed by atoms with Crippen molar-refractivity contribution in [2.45, 2.75) is 82.8 Å². The quantitative estimate of drug-likeness (QED) is 0.141. The van der Waals surface area contributed by atoms with E-state index < -0.39 is 0 Å². The lowest BCUT2D eigenvalue weighted by molar-refractivity contribution is 0.123. The van der Waals surface area contributed by atoms with Gasteiger partial charge in [0.2, 0.25) is 0 Å². The molecule has 0 amide bonds. The van der Waals surface area contributed by atoms with Gasteiger partial charge in [0.1, 0.15) is 16.8 Å². The fourth-order valence-electron chi connectivity index (χ4n) is 9.55. The van der Waals surface area contributed by atoms with Crippen molar-refractivity contribution in [1.82, 2.24) is 24.6 Å². The Morgan fingerprint density at radius 2 is 1.49 bits per heavy atom. The second-order valence-corrected chi connectivity index (χ2v) is 19.4. The van der Waals surface area contributed by atoms with Crippen molar-refractivity contribution in [3.8, 4) is 28.3 Å². The van der Waals surface area contributed by atoms with Gasteiger partial charge in [-0.25, -0.2) is 0 Å². The number of aryl methyl sites for hydroxylation is 1. The highest BCUT2D eigenvalue weighted by atomic mass is 35.5. The number of hydrogen-bond donors (Lipinski definition) is 1. The van der Waals surface area contributed by atoms with Gasteiger partial charge in [0, 0.05) is 72.9 Å². The van der Waals surface area contributed by atoms with Crippen LogP contribution in [0.2, 0.25) is 5.02 Å². The molecule has 10 heteroatoms. The minimum atomic E-state index is 0.114. The maximum absolute atomic E-state index is 10.1. The highest BCUT2D eigenvalue weighted by molar-refractivity contribution is 7.27. The molecule has 0 saturated carbocycles. The zero-order valence-electron chi connectivity index (χ0n) is 32.1. The number of aromatic nitrogens is 1. The highest BCUT2D eigenvalue weighted by Gasteiger charge is 2.29. The first-order valence-corrected chi connectivity index (χ1v) is 23.2. The molecular weight excluding hydrogens is 738 g/mol. The molecule has 7 nitrogen and oxygen atoms in total. The highest BCUT2D eigenvalue weighted by Crippen LogP contribution is 2.40. The van der Waals surface area contributed by atoms with Crippen molar-refractivity contribution >= 4 is 55.7 Å². The maximum atomic E-state index is 10.1. The van der Waals surface area contributed by atoms with Gasteiger partial charge in [-0.05, 0) is 147 Å². The van der Waals surface area contributed by atoms with Crippen molar-refractivity contribution in [1.29, 1.82) is 5.26 Å². The summed E-state index contributed by atoms with van der Waals surface area (Å²) in [6.45, 7) is 13.1. The number of nitriles is 1. The summed E-state index contributed by atoms with van der Waals surface area (Å²) in [6, 6.07) is 19.3. The molecular formula is C45H53ClN7S2+. The van der Waals surface area contributed by atoms with E-state index in [1.807, 2.05) is 11.3 Å². The average molecular weight is 792 g/mol. The monoisotopic (exact) mass is 790 g/mol. The van der Waals surface area contributed by atoms with Crippen LogP contribution in [-0.2, 0) is 12.4 Å². The number of pyridine rings is 1. The van der Waals surface area contributed by atoms with Crippen LogP contribution in [0.15, 0.2) is 64.8 Å². The summed E-state index contributed by atoms with van der Waals surface area (Å²) < 4.78 is 0. The summed E-state index contributed by atoms with van der Waals surface area (Å²) in [5.74, 6) is 1.11. The first kappa shape index (κ1) is 37.3. The fourth-order valence-corrected chi connectivity index (χ4v) is 12.6. The molecule has 1 N–H and O–H groups in total. The molecule has 0 radical (unpaired) electrons. The lowest BCUT2D eigenvalue weighted by atomic mass is 10.0. The zero-order valence-corrected chi connectivity index (χ0v) is 34.5. The van der Waals surface area contributed by atoms with Crippen LogP contribution in [0, 0.1) is 18.3 Å². The van der Waals surface area contributed by atoms with E-state index in [9.17, 15) is 5.26 Å². The van der Waals surface area contributed by atoms with Crippen molar-refractivity contribution < 1.29 is 0 Å². The van der Waals surface area contributed by atoms with E-state index in [0.29, 0.717) is 10.6 Å². The van der Waals surface area contributed by atoms with Crippen molar-refractivity contribution in [2.75, 3.05) is 57.7 Å². The molecule has 0 bridgehead atoms. The summed E-state index contributed by atoms with van der Waals surface area (Å²) in [4.78, 5) is 16.9. The molecule has 5 aromatic rings.